The van der Waals surface area contributed by atoms with Gasteiger partial charge in [0.25, 0.3) is 0 Å². The molecule has 0 aromatic rings. The number of hydrogen-bond donors (Lipinski definition) is 0. The van der Waals surface area contributed by atoms with Crippen LogP contribution >= 0.6 is 43.2 Å². The summed E-state index contributed by atoms with van der Waals surface area (Å²) in [7, 11) is 7.96. The van der Waals surface area contributed by atoms with Crippen molar-refractivity contribution in [3.8, 4) is 0 Å². The number of rotatable bonds is 12. The molecule has 4 nitrogen and oxygen atoms in total. The van der Waals surface area contributed by atoms with Crippen LogP contribution in [0.1, 0.15) is 89.9 Å². The van der Waals surface area contributed by atoms with Crippen LogP contribution in [0.25, 0.3) is 0 Å². The first-order valence-corrected chi connectivity index (χ1v) is 16.4. The van der Waals surface area contributed by atoms with Crippen LogP contribution in [0.5, 0.6) is 0 Å². The first-order chi connectivity index (χ1) is 14.7. The Bertz CT molecular complexity index is 467. The molecule has 0 bridgehead atoms. The van der Waals surface area contributed by atoms with E-state index in [2.05, 4.69) is 0 Å². The summed E-state index contributed by atoms with van der Waals surface area (Å²) in [4.78, 5) is 24.2. The van der Waals surface area contributed by atoms with Crippen molar-refractivity contribution in [2.24, 2.45) is 0 Å². The van der Waals surface area contributed by atoms with E-state index >= 15 is 0 Å². The number of carbonyl (C=O) groups excluding carboxylic acids is 2. The summed E-state index contributed by atoms with van der Waals surface area (Å²) < 4.78 is 11.3. The molecule has 2 saturated heterocycles. The standard InChI is InChI=1S/C22H36O4S4/c23-21(7-3-1-5-19-13-15-27-29-19)25-17-9-11-18(12-10-17)26-22(24)8-4-2-6-20-14-16-28-30-20/h17-20H,1-16H2. The second kappa shape index (κ2) is 14.5. The van der Waals surface area contributed by atoms with E-state index in [-0.39, 0.29) is 24.1 Å². The fourth-order valence-corrected chi connectivity index (χ4v) is 10.2. The van der Waals surface area contributed by atoms with Crippen LogP contribution in [-0.4, -0.2) is 46.2 Å². The Kier molecular flexibility index (Phi) is 12.1. The van der Waals surface area contributed by atoms with Gasteiger partial charge in [0.2, 0.25) is 0 Å². The maximum absolute atomic E-state index is 12.1. The van der Waals surface area contributed by atoms with Crippen molar-refractivity contribution in [2.45, 2.75) is 113 Å². The maximum atomic E-state index is 12.1. The Morgan fingerprint density at radius 3 is 1.43 bits per heavy atom. The number of hydrogen-bond acceptors (Lipinski definition) is 8. The van der Waals surface area contributed by atoms with Gasteiger partial charge in [-0.2, -0.15) is 0 Å². The van der Waals surface area contributed by atoms with Crippen LogP contribution in [0.2, 0.25) is 0 Å². The lowest BCUT2D eigenvalue weighted by molar-refractivity contribution is -0.158. The van der Waals surface area contributed by atoms with Gasteiger partial charge in [-0.3, -0.25) is 9.59 Å². The molecule has 0 aromatic heterocycles. The lowest BCUT2D eigenvalue weighted by atomic mass is 9.95. The van der Waals surface area contributed by atoms with E-state index in [1.807, 2.05) is 43.2 Å². The molecule has 30 heavy (non-hydrogen) atoms. The highest BCUT2D eigenvalue weighted by Crippen LogP contribution is 2.40. The third kappa shape index (κ3) is 9.86. The van der Waals surface area contributed by atoms with Crippen molar-refractivity contribution in [3.05, 3.63) is 0 Å². The summed E-state index contributed by atoms with van der Waals surface area (Å²) in [5, 5.41) is 1.57. The van der Waals surface area contributed by atoms with Crippen LogP contribution in [0.3, 0.4) is 0 Å². The van der Waals surface area contributed by atoms with E-state index in [0.29, 0.717) is 12.8 Å². The first-order valence-electron chi connectivity index (χ1n) is 11.6. The molecule has 0 amide bonds. The fourth-order valence-electron chi connectivity index (χ4n) is 4.17. The smallest absolute Gasteiger partial charge is 0.306 e. The van der Waals surface area contributed by atoms with Crippen molar-refractivity contribution in [1.82, 2.24) is 0 Å². The van der Waals surface area contributed by atoms with Crippen molar-refractivity contribution in [2.75, 3.05) is 11.5 Å². The number of esters is 2. The lowest BCUT2D eigenvalue weighted by Crippen LogP contribution is -2.29. The highest BCUT2D eigenvalue weighted by atomic mass is 33.1. The number of carbonyl (C=O) groups is 2. The van der Waals surface area contributed by atoms with Crippen LogP contribution in [0, 0.1) is 0 Å². The van der Waals surface area contributed by atoms with Gasteiger partial charge in [0.15, 0.2) is 0 Å². The molecule has 8 heteroatoms. The Balaban J connectivity index is 1.17. The van der Waals surface area contributed by atoms with Crippen LogP contribution in [0.15, 0.2) is 0 Å². The summed E-state index contributed by atoms with van der Waals surface area (Å²) in [6, 6.07) is 0. The zero-order valence-electron chi connectivity index (χ0n) is 17.9. The van der Waals surface area contributed by atoms with Gasteiger partial charge in [0, 0.05) is 34.8 Å². The second-order valence-corrected chi connectivity index (χ2v) is 14.1. The number of unbranched alkanes of at least 4 members (excludes halogenated alkanes) is 2. The average Bonchev–Trinajstić information content (AvgIpc) is 3.44. The molecule has 3 aliphatic rings. The minimum absolute atomic E-state index is 0.0102. The average molecular weight is 493 g/mol. The molecule has 0 aromatic carbocycles. The highest BCUT2D eigenvalue weighted by molar-refractivity contribution is 8.77. The van der Waals surface area contributed by atoms with Gasteiger partial charge in [-0.15, -0.1) is 0 Å². The number of ether oxygens (including phenoxy) is 2. The molecule has 0 spiro atoms. The molecule has 2 atom stereocenters. The van der Waals surface area contributed by atoms with Gasteiger partial charge in [0.05, 0.1) is 0 Å². The monoisotopic (exact) mass is 492 g/mol. The maximum Gasteiger partial charge on any atom is 0.306 e. The third-order valence-electron chi connectivity index (χ3n) is 5.99. The fraction of sp³-hybridized carbons (Fsp3) is 0.909. The largest absolute Gasteiger partial charge is 0.462 e. The minimum atomic E-state index is -0.0530. The van der Waals surface area contributed by atoms with E-state index in [4.69, 9.17) is 9.47 Å². The van der Waals surface area contributed by atoms with E-state index in [9.17, 15) is 9.59 Å². The van der Waals surface area contributed by atoms with Crippen molar-refractivity contribution in [3.63, 3.8) is 0 Å². The van der Waals surface area contributed by atoms with Crippen molar-refractivity contribution in [1.29, 1.82) is 0 Å². The molecule has 2 aliphatic heterocycles. The molecule has 0 N–H and O–H groups in total. The van der Waals surface area contributed by atoms with Gasteiger partial charge in [-0.25, -0.2) is 0 Å². The normalized spacial score (nSPS) is 29.1. The Labute approximate surface area is 197 Å². The quantitative estimate of drug-likeness (QED) is 0.167. The summed E-state index contributed by atoms with van der Waals surface area (Å²) in [6.07, 6.45) is 13.5. The minimum Gasteiger partial charge on any atom is -0.462 e. The van der Waals surface area contributed by atoms with Crippen LogP contribution in [-0.2, 0) is 19.1 Å². The Morgan fingerprint density at radius 1 is 0.633 bits per heavy atom. The van der Waals surface area contributed by atoms with Crippen molar-refractivity contribution < 1.29 is 19.1 Å². The first kappa shape index (κ1) is 25.0. The Morgan fingerprint density at radius 2 is 1.07 bits per heavy atom. The molecular weight excluding hydrogens is 457 g/mol. The molecule has 172 valence electrons. The molecule has 0 radical (unpaired) electrons. The van der Waals surface area contributed by atoms with Crippen LogP contribution in [0.4, 0.5) is 0 Å². The predicted octanol–water partition coefficient (Wildman–Crippen LogP) is 6.81. The van der Waals surface area contributed by atoms with Gasteiger partial charge in [-0.05, 0) is 64.2 Å². The molecule has 1 aliphatic carbocycles. The molecule has 3 rings (SSSR count). The molecule has 2 unspecified atom stereocenters. The molecule has 2 heterocycles. The van der Waals surface area contributed by atoms with E-state index in [1.165, 1.54) is 37.2 Å². The van der Waals surface area contributed by atoms with Gasteiger partial charge in [-0.1, -0.05) is 56.0 Å². The summed E-state index contributed by atoms with van der Waals surface area (Å²) in [5.41, 5.74) is 0. The summed E-state index contributed by atoms with van der Waals surface area (Å²) >= 11 is 0. The zero-order chi connectivity index (χ0) is 21.0. The lowest BCUT2D eigenvalue weighted by Gasteiger charge is -2.28. The van der Waals surface area contributed by atoms with E-state index in [1.54, 1.807) is 0 Å². The second-order valence-electron chi connectivity index (χ2n) is 8.53. The van der Waals surface area contributed by atoms with Gasteiger partial charge < -0.3 is 9.47 Å². The van der Waals surface area contributed by atoms with E-state index in [0.717, 1.165) is 61.9 Å². The molecule has 3 fully saturated rings. The van der Waals surface area contributed by atoms with Gasteiger partial charge >= 0.3 is 11.9 Å². The topological polar surface area (TPSA) is 52.6 Å². The molecule has 1 saturated carbocycles. The summed E-state index contributed by atoms with van der Waals surface area (Å²) in [6.45, 7) is 0. The van der Waals surface area contributed by atoms with Crippen molar-refractivity contribution >= 4 is 55.1 Å². The highest BCUT2D eigenvalue weighted by Gasteiger charge is 2.26. The zero-order valence-corrected chi connectivity index (χ0v) is 21.2. The van der Waals surface area contributed by atoms with E-state index < -0.39 is 0 Å². The van der Waals surface area contributed by atoms with Gasteiger partial charge in [0.1, 0.15) is 12.2 Å². The Hall–Kier alpha value is 0.340. The predicted molar refractivity (Wildman–Crippen MR) is 132 cm³/mol. The SMILES string of the molecule is O=C(CCCCC1CCSS1)OC1CCC(OC(=O)CCCCC2CCSS2)CC1. The molecular formula is C22H36O4S4. The third-order valence-corrected chi connectivity index (χ3v) is 12.0. The summed E-state index contributed by atoms with van der Waals surface area (Å²) in [5.74, 6) is 2.44. The van der Waals surface area contributed by atoms with Crippen LogP contribution < -0.4 is 0 Å².